The summed E-state index contributed by atoms with van der Waals surface area (Å²) in [5.41, 5.74) is 2.36. The molecule has 0 atom stereocenters. The van der Waals surface area contributed by atoms with Crippen molar-refractivity contribution in [3.05, 3.63) is 24.0 Å². The third-order valence-electron chi connectivity index (χ3n) is 3.96. The van der Waals surface area contributed by atoms with Crippen molar-refractivity contribution in [1.82, 2.24) is 9.88 Å². The number of piperidine rings is 1. The normalized spacial score (nSPS) is 17.9. The SMILES string of the molecule is CCN1CCC(N(C)c2cnccc2CCl)CC1. The lowest BCUT2D eigenvalue weighted by atomic mass is 10.0. The lowest BCUT2D eigenvalue weighted by Gasteiger charge is -2.37. The highest BCUT2D eigenvalue weighted by atomic mass is 35.5. The molecular weight excluding hydrogens is 246 g/mol. The van der Waals surface area contributed by atoms with Gasteiger partial charge in [0.05, 0.1) is 11.9 Å². The van der Waals surface area contributed by atoms with Gasteiger partial charge in [0, 0.05) is 38.3 Å². The second-order valence-corrected chi connectivity index (χ2v) is 5.18. The lowest BCUT2D eigenvalue weighted by molar-refractivity contribution is 0.221. The third kappa shape index (κ3) is 2.96. The largest absolute Gasteiger partial charge is 0.370 e. The van der Waals surface area contributed by atoms with Crippen molar-refractivity contribution in [1.29, 1.82) is 0 Å². The van der Waals surface area contributed by atoms with Crippen LogP contribution in [0.2, 0.25) is 0 Å². The predicted octanol–water partition coefficient (Wildman–Crippen LogP) is 2.74. The molecule has 0 aromatic carbocycles. The third-order valence-corrected chi connectivity index (χ3v) is 4.25. The van der Waals surface area contributed by atoms with Gasteiger partial charge in [0.1, 0.15) is 0 Å². The van der Waals surface area contributed by atoms with Gasteiger partial charge in [-0.3, -0.25) is 4.98 Å². The molecule has 1 aliphatic rings. The maximum Gasteiger partial charge on any atom is 0.0597 e. The van der Waals surface area contributed by atoms with Gasteiger partial charge in [-0.25, -0.2) is 0 Å². The van der Waals surface area contributed by atoms with Crippen LogP contribution in [0.1, 0.15) is 25.3 Å². The van der Waals surface area contributed by atoms with E-state index in [1.807, 2.05) is 18.5 Å². The van der Waals surface area contributed by atoms with E-state index in [2.05, 4.69) is 28.8 Å². The number of rotatable bonds is 4. The molecule has 1 fully saturated rings. The number of hydrogen-bond donors (Lipinski definition) is 0. The van der Waals surface area contributed by atoms with E-state index < -0.39 is 0 Å². The molecule has 0 spiro atoms. The zero-order valence-corrected chi connectivity index (χ0v) is 12.0. The van der Waals surface area contributed by atoms with Crippen LogP contribution in [0, 0.1) is 0 Å². The molecular formula is C14H22ClN3. The van der Waals surface area contributed by atoms with Crippen LogP contribution in [-0.4, -0.2) is 42.6 Å². The lowest BCUT2D eigenvalue weighted by Crippen LogP contribution is -2.43. The maximum atomic E-state index is 6.00. The van der Waals surface area contributed by atoms with Gasteiger partial charge < -0.3 is 9.80 Å². The Labute approximate surface area is 115 Å². The smallest absolute Gasteiger partial charge is 0.0597 e. The highest BCUT2D eigenvalue weighted by Gasteiger charge is 2.22. The summed E-state index contributed by atoms with van der Waals surface area (Å²) < 4.78 is 0. The van der Waals surface area contributed by atoms with Gasteiger partial charge in [0.15, 0.2) is 0 Å². The van der Waals surface area contributed by atoms with Crippen LogP contribution in [-0.2, 0) is 5.88 Å². The molecule has 1 aromatic heterocycles. The van der Waals surface area contributed by atoms with Crippen molar-refractivity contribution < 1.29 is 0 Å². The van der Waals surface area contributed by atoms with E-state index in [-0.39, 0.29) is 0 Å². The van der Waals surface area contributed by atoms with Crippen molar-refractivity contribution in [2.45, 2.75) is 31.7 Å². The molecule has 0 saturated carbocycles. The fourth-order valence-electron chi connectivity index (χ4n) is 2.67. The molecule has 0 amide bonds. The Balaban J connectivity index is 2.05. The molecule has 3 nitrogen and oxygen atoms in total. The van der Waals surface area contributed by atoms with E-state index in [0.717, 1.165) is 6.54 Å². The fourth-order valence-corrected chi connectivity index (χ4v) is 2.89. The molecule has 2 rings (SSSR count). The number of alkyl halides is 1. The number of nitrogens with zero attached hydrogens (tertiary/aromatic N) is 3. The minimum Gasteiger partial charge on any atom is -0.370 e. The molecule has 2 heterocycles. The van der Waals surface area contributed by atoms with Crippen molar-refractivity contribution in [3.63, 3.8) is 0 Å². The minimum absolute atomic E-state index is 0.552. The molecule has 18 heavy (non-hydrogen) atoms. The van der Waals surface area contributed by atoms with Crippen LogP contribution in [0.25, 0.3) is 0 Å². The molecule has 1 saturated heterocycles. The predicted molar refractivity (Wildman–Crippen MR) is 77.3 cm³/mol. The number of halogens is 1. The summed E-state index contributed by atoms with van der Waals surface area (Å²) in [5, 5.41) is 0. The van der Waals surface area contributed by atoms with Crippen LogP contribution in [0.15, 0.2) is 18.5 Å². The number of aromatic nitrogens is 1. The van der Waals surface area contributed by atoms with Crippen molar-refractivity contribution in [2.75, 3.05) is 31.6 Å². The monoisotopic (exact) mass is 267 g/mol. The first kappa shape index (κ1) is 13.6. The summed E-state index contributed by atoms with van der Waals surface area (Å²) in [7, 11) is 2.17. The first-order valence-corrected chi connectivity index (χ1v) is 7.23. The fraction of sp³-hybridized carbons (Fsp3) is 0.643. The quantitative estimate of drug-likeness (QED) is 0.782. The van der Waals surface area contributed by atoms with Gasteiger partial charge in [0.25, 0.3) is 0 Å². The first-order valence-electron chi connectivity index (χ1n) is 6.70. The van der Waals surface area contributed by atoms with Crippen LogP contribution >= 0.6 is 11.6 Å². The number of hydrogen-bond acceptors (Lipinski definition) is 3. The molecule has 1 aliphatic heterocycles. The Morgan fingerprint density at radius 2 is 2.17 bits per heavy atom. The van der Waals surface area contributed by atoms with Gasteiger partial charge in [-0.2, -0.15) is 0 Å². The van der Waals surface area contributed by atoms with Gasteiger partial charge >= 0.3 is 0 Å². The Morgan fingerprint density at radius 3 is 2.78 bits per heavy atom. The summed E-state index contributed by atoms with van der Waals surface area (Å²) in [5.74, 6) is 0.552. The van der Waals surface area contributed by atoms with E-state index >= 15 is 0 Å². The van der Waals surface area contributed by atoms with Gasteiger partial charge in [-0.15, -0.1) is 11.6 Å². The molecule has 0 bridgehead atoms. The van der Waals surface area contributed by atoms with Crippen LogP contribution in [0.3, 0.4) is 0 Å². The first-order chi connectivity index (χ1) is 8.76. The summed E-state index contributed by atoms with van der Waals surface area (Å²) in [6, 6.07) is 2.62. The van der Waals surface area contributed by atoms with Crippen LogP contribution in [0.4, 0.5) is 5.69 Å². The zero-order valence-electron chi connectivity index (χ0n) is 11.3. The number of anilines is 1. The molecule has 0 unspecified atom stereocenters. The topological polar surface area (TPSA) is 19.4 Å². The second-order valence-electron chi connectivity index (χ2n) is 4.91. The second kappa shape index (κ2) is 6.39. The summed E-state index contributed by atoms with van der Waals surface area (Å²) in [6.45, 7) is 5.79. The van der Waals surface area contributed by atoms with Gasteiger partial charge in [0.2, 0.25) is 0 Å². The van der Waals surface area contributed by atoms with E-state index in [1.165, 1.54) is 37.2 Å². The van der Waals surface area contributed by atoms with Crippen molar-refractivity contribution in [3.8, 4) is 0 Å². The maximum absolute atomic E-state index is 6.00. The molecule has 0 aliphatic carbocycles. The zero-order chi connectivity index (χ0) is 13.0. The molecule has 0 radical (unpaired) electrons. The Kier molecular flexibility index (Phi) is 4.84. The molecule has 1 aromatic rings. The van der Waals surface area contributed by atoms with E-state index in [9.17, 15) is 0 Å². The van der Waals surface area contributed by atoms with Gasteiger partial charge in [-0.1, -0.05) is 6.92 Å². The molecule has 0 N–H and O–H groups in total. The average molecular weight is 268 g/mol. The summed E-state index contributed by atoms with van der Waals surface area (Å²) >= 11 is 6.00. The van der Waals surface area contributed by atoms with Crippen LogP contribution < -0.4 is 4.90 Å². The molecule has 4 heteroatoms. The number of likely N-dealkylation sites (tertiary alicyclic amines) is 1. The Hall–Kier alpha value is -0.800. The summed E-state index contributed by atoms with van der Waals surface area (Å²) in [4.78, 5) is 9.10. The average Bonchev–Trinajstić information content (AvgIpc) is 2.46. The molecule has 100 valence electrons. The standard InChI is InChI=1S/C14H22ClN3/c1-3-18-8-5-13(6-9-18)17(2)14-11-16-7-4-12(14)10-15/h4,7,11,13H,3,5-6,8-10H2,1-2H3. The highest BCUT2D eigenvalue weighted by Crippen LogP contribution is 2.25. The van der Waals surface area contributed by atoms with Crippen LogP contribution in [0.5, 0.6) is 0 Å². The summed E-state index contributed by atoms with van der Waals surface area (Å²) in [6.07, 6.45) is 6.20. The van der Waals surface area contributed by atoms with Crippen molar-refractivity contribution >= 4 is 17.3 Å². The highest BCUT2D eigenvalue weighted by molar-refractivity contribution is 6.17. The van der Waals surface area contributed by atoms with E-state index in [1.54, 1.807) is 0 Å². The van der Waals surface area contributed by atoms with Gasteiger partial charge in [-0.05, 0) is 31.0 Å². The Morgan fingerprint density at radius 1 is 1.44 bits per heavy atom. The number of pyridine rings is 1. The Bertz CT molecular complexity index is 375. The minimum atomic E-state index is 0.552. The van der Waals surface area contributed by atoms with E-state index in [4.69, 9.17) is 11.6 Å². The van der Waals surface area contributed by atoms with E-state index in [0.29, 0.717) is 11.9 Å². The van der Waals surface area contributed by atoms with Crippen molar-refractivity contribution in [2.24, 2.45) is 0 Å².